The molecule has 3 nitrogen and oxygen atoms in total. The molecule has 1 fully saturated rings. The molecule has 2 atom stereocenters. The van der Waals surface area contributed by atoms with Gasteiger partial charge in [-0.05, 0) is 30.4 Å². The van der Waals surface area contributed by atoms with Crippen LogP contribution < -0.4 is 5.32 Å². The molecule has 1 unspecified atom stereocenters. The maximum atomic E-state index is 11.8. The van der Waals surface area contributed by atoms with Crippen molar-refractivity contribution >= 4 is 17.7 Å². The maximum Gasteiger partial charge on any atom is 0.230 e. The smallest absolute Gasteiger partial charge is 0.230 e. The quantitative estimate of drug-likeness (QED) is 0.900. The molecule has 0 spiro atoms. The van der Waals surface area contributed by atoms with Gasteiger partial charge in [-0.3, -0.25) is 9.78 Å². The summed E-state index contributed by atoms with van der Waals surface area (Å²) in [5.41, 5.74) is 1.05. The summed E-state index contributed by atoms with van der Waals surface area (Å²) in [5.74, 6) is 1.46. The van der Waals surface area contributed by atoms with E-state index in [1.807, 2.05) is 23.9 Å². The Morgan fingerprint density at radius 3 is 3.05 bits per heavy atom. The van der Waals surface area contributed by atoms with E-state index < -0.39 is 0 Å². The van der Waals surface area contributed by atoms with Crippen molar-refractivity contribution in [3.8, 4) is 0 Å². The van der Waals surface area contributed by atoms with Gasteiger partial charge in [0.15, 0.2) is 0 Å². The van der Waals surface area contributed by atoms with Crippen LogP contribution in [0.25, 0.3) is 0 Å². The topological polar surface area (TPSA) is 42.0 Å². The summed E-state index contributed by atoms with van der Waals surface area (Å²) >= 11 is 1.82. The normalized spacial score (nSPS) is 23.0. The number of nitrogens with one attached hydrogen (secondary N) is 1. The number of pyridine rings is 1. The zero-order valence-electron chi connectivity index (χ0n) is 11.5. The van der Waals surface area contributed by atoms with E-state index in [-0.39, 0.29) is 5.91 Å². The molecule has 1 aromatic rings. The zero-order chi connectivity index (χ0) is 13.5. The van der Waals surface area contributed by atoms with Crippen LogP contribution in [0.2, 0.25) is 0 Å². The van der Waals surface area contributed by atoms with Gasteiger partial charge in [0.2, 0.25) is 5.91 Å². The molecule has 1 heterocycles. The number of hydrogen-bond acceptors (Lipinski definition) is 3. The molecule has 1 N–H and O–H groups in total. The summed E-state index contributed by atoms with van der Waals surface area (Å²) in [7, 11) is 0. The fourth-order valence-electron chi connectivity index (χ4n) is 2.47. The molecular weight excluding hydrogens is 256 g/mol. The highest BCUT2D eigenvalue weighted by Crippen LogP contribution is 2.32. The average Bonchev–Trinajstić information content (AvgIpc) is 2.45. The van der Waals surface area contributed by atoms with Crippen LogP contribution >= 0.6 is 11.8 Å². The van der Waals surface area contributed by atoms with Gasteiger partial charge in [0.25, 0.3) is 0 Å². The lowest BCUT2D eigenvalue weighted by Gasteiger charge is -2.27. The molecule has 1 aliphatic rings. The Bertz CT molecular complexity index is 396. The molecule has 104 valence electrons. The van der Waals surface area contributed by atoms with E-state index in [4.69, 9.17) is 0 Å². The van der Waals surface area contributed by atoms with Crippen LogP contribution in [-0.4, -0.2) is 21.9 Å². The van der Waals surface area contributed by atoms with Crippen LogP contribution in [0, 0.1) is 5.92 Å². The SMILES string of the molecule is CC1CCCC[C@@H]1SCC(=O)NCc1cccnc1. The first-order valence-electron chi connectivity index (χ1n) is 7.03. The van der Waals surface area contributed by atoms with Crippen molar-refractivity contribution in [2.45, 2.75) is 44.4 Å². The van der Waals surface area contributed by atoms with E-state index in [0.29, 0.717) is 17.5 Å². The number of carbonyl (C=O) groups excluding carboxylic acids is 1. The molecule has 19 heavy (non-hydrogen) atoms. The molecule has 0 saturated heterocycles. The zero-order valence-corrected chi connectivity index (χ0v) is 12.3. The number of thioether (sulfide) groups is 1. The number of nitrogens with zero attached hydrogens (tertiary/aromatic N) is 1. The first-order valence-corrected chi connectivity index (χ1v) is 8.08. The lowest BCUT2D eigenvalue weighted by atomic mass is 9.90. The number of amides is 1. The summed E-state index contributed by atoms with van der Waals surface area (Å²) in [6.45, 7) is 2.89. The van der Waals surface area contributed by atoms with Gasteiger partial charge in [0, 0.05) is 24.2 Å². The number of hydrogen-bond donors (Lipinski definition) is 1. The van der Waals surface area contributed by atoms with Crippen LogP contribution in [0.4, 0.5) is 0 Å². The van der Waals surface area contributed by atoms with Crippen molar-refractivity contribution in [2.75, 3.05) is 5.75 Å². The molecule has 1 amide bonds. The first kappa shape index (κ1) is 14.4. The van der Waals surface area contributed by atoms with Crippen molar-refractivity contribution in [1.82, 2.24) is 10.3 Å². The second kappa shape index (κ2) is 7.53. The molecular formula is C15H22N2OS. The largest absolute Gasteiger partial charge is 0.351 e. The molecule has 0 bridgehead atoms. The molecule has 4 heteroatoms. The van der Waals surface area contributed by atoms with E-state index in [2.05, 4.69) is 17.2 Å². The standard InChI is InChI=1S/C15H22N2OS/c1-12-5-2-3-7-14(12)19-11-15(18)17-10-13-6-4-8-16-9-13/h4,6,8-9,12,14H,2-3,5,7,10-11H2,1H3,(H,17,18)/t12?,14-/m0/s1. The Hall–Kier alpha value is -1.03. The second-order valence-electron chi connectivity index (χ2n) is 5.25. The Morgan fingerprint density at radius 1 is 1.47 bits per heavy atom. The van der Waals surface area contributed by atoms with E-state index in [0.717, 1.165) is 11.5 Å². The minimum atomic E-state index is 0.131. The Labute approximate surface area is 119 Å². The van der Waals surface area contributed by atoms with E-state index >= 15 is 0 Å². The van der Waals surface area contributed by atoms with Gasteiger partial charge >= 0.3 is 0 Å². The average molecular weight is 278 g/mol. The second-order valence-corrected chi connectivity index (χ2v) is 6.48. The summed E-state index contributed by atoms with van der Waals surface area (Å²) in [6.07, 6.45) is 8.78. The molecule has 0 aromatic carbocycles. The maximum absolute atomic E-state index is 11.8. The minimum Gasteiger partial charge on any atom is -0.351 e. The van der Waals surface area contributed by atoms with Crippen LogP contribution in [0.3, 0.4) is 0 Å². The predicted molar refractivity (Wildman–Crippen MR) is 80.0 cm³/mol. The minimum absolute atomic E-state index is 0.131. The van der Waals surface area contributed by atoms with Crippen molar-refractivity contribution in [1.29, 1.82) is 0 Å². The Morgan fingerprint density at radius 2 is 2.32 bits per heavy atom. The lowest BCUT2D eigenvalue weighted by Crippen LogP contribution is -2.27. The number of carbonyl (C=O) groups is 1. The molecule has 0 radical (unpaired) electrons. The fraction of sp³-hybridized carbons (Fsp3) is 0.600. The third-order valence-corrected chi connectivity index (χ3v) is 5.23. The molecule has 1 aromatic heterocycles. The summed E-state index contributed by atoms with van der Waals surface area (Å²) in [6, 6.07) is 3.86. The summed E-state index contributed by atoms with van der Waals surface area (Å²) in [5, 5.41) is 3.62. The lowest BCUT2D eigenvalue weighted by molar-refractivity contribution is -0.118. The summed E-state index contributed by atoms with van der Waals surface area (Å²) < 4.78 is 0. The van der Waals surface area contributed by atoms with Gasteiger partial charge in [-0.15, -0.1) is 11.8 Å². The first-order chi connectivity index (χ1) is 9.25. The van der Waals surface area contributed by atoms with Gasteiger partial charge in [0.1, 0.15) is 0 Å². The third kappa shape index (κ3) is 4.86. The highest BCUT2D eigenvalue weighted by molar-refractivity contribution is 8.00. The van der Waals surface area contributed by atoms with Crippen molar-refractivity contribution in [2.24, 2.45) is 5.92 Å². The Balaban J connectivity index is 1.67. The van der Waals surface area contributed by atoms with Gasteiger partial charge < -0.3 is 5.32 Å². The predicted octanol–water partition coefficient (Wildman–Crippen LogP) is 3.01. The fourth-order valence-corrected chi connectivity index (χ4v) is 3.73. The monoisotopic (exact) mass is 278 g/mol. The molecule has 1 saturated carbocycles. The highest BCUT2D eigenvalue weighted by Gasteiger charge is 2.22. The van der Waals surface area contributed by atoms with Gasteiger partial charge in [-0.2, -0.15) is 0 Å². The van der Waals surface area contributed by atoms with E-state index in [9.17, 15) is 4.79 Å². The Kier molecular flexibility index (Phi) is 5.70. The van der Waals surface area contributed by atoms with Crippen molar-refractivity contribution in [3.05, 3.63) is 30.1 Å². The summed E-state index contributed by atoms with van der Waals surface area (Å²) in [4.78, 5) is 15.8. The van der Waals surface area contributed by atoms with Gasteiger partial charge in [-0.25, -0.2) is 0 Å². The van der Waals surface area contributed by atoms with E-state index in [1.165, 1.54) is 25.7 Å². The van der Waals surface area contributed by atoms with Gasteiger partial charge in [0.05, 0.1) is 5.75 Å². The van der Waals surface area contributed by atoms with Gasteiger partial charge in [-0.1, -0.05) is 25.8 Å². The van der Waals surface area contributed by atoms with Crippen molar-refractivity contribution < 1.29 is 4.79 Å². The van der Waals surface area contributed by atoms with Crippen LogP contribution in [0.5, 0.6) is 0 Å². The van der Waals surface area contributed by atoms with Crippen LogP contribution in [-0.2, 0) is 11.3 Å². The number of aromatic nitrogens is 1. The van der Waals surface area contributed by atoms with E-state index in [1.54, 1.807) is 12.4 Å². The molecule has 1 aliphatic carbocycles. The number of rotatable bonds is 5. The molecule has 2 rings (SSSR count). The molecule has 0 aliphatic heterocycles. The highest BCUT2D eigenvalue weighted by atomic mass is 32.2. The third-order valence-electron chi connectivity index (χ3n) is 3.67. The van der Waals surface area contributed by atoms with Crippen molar-refractivity contribution in [3.63, 3.8) is 0 Å². The van der Waals surface area contributed by atoms with Crippen LogP contribution in [0.15, 0.2) is 24.5 Å². The van der Waals surface area contributed by atoms with Crippen LogP contribution in [0.1, 0.15) is 38.2 Å².